The number of primary sulfonamides is 1. The second kappa shape index (κ2) is 4.01. The molecular formula is C9H18N2O3S. The van der Waals surface area contributed by atoms with Crippen LogP contribution < -0.4 is 10.5 Å². The Hall–Kier alpha value is -0.170. The summed E-state index contributed by atoms with van der Waals surface area (Å²) < 4.78 is 27.6. The van der Waals surface area contributed by atoms with Crippen molar-refractivity contribution in [2.75, 3.05) is 32.1 Å². The van der Waals surface area contributed by atoms with Crippen LogP contribution in [-0.2, 0) is 14.8 Å². The van der Waals surface area contributed by atoms with Crippen molar-refractivity contribution >= 4 is 10.0 Å². The predicted octanol–water partition coefficient (Wildman–Crippen LogP) is -0.709. The van der Waals surface area contributed by atoms with Crippen LogP contribution in [0.4, 0.5) is 0 Å². The minimum atomic E-state index is -3.36. The van der Waals surface area contributed by atoms with E-state index in [2.05, 4.69) is 5.32 Å². The molecule has 0 bridgehead atoms. The smallest absolute Gasteiger partial charge is 0.209 e. The van der Waals surface area contributed by atoms with Crippen molar-refractivity contribution in [3.05, 3.63) is 0 Å². The first-order valence-electron chi connectivity index (χ1n) is 5.31. The van der Waals surface area contributed by atoms with E-state index in [0.29, 0.717) is 0 Å². The Kier molecular flexibility index (Phi) is 3.03. The number of ether oxygens (including phenoxy) is 1. The van der Waals surface area contributed by atoms with E-state index in [1.807, 2.05) is 0 Å². The Morgan fingerprint density at radius 3 is 2.67 bits per heavy atom. The Morgan fingerprint density at radius 2 is 2.07 bits per heavy atom. The Bertz CT molecular complexity index is 322. The second-order valence-electron chi connectivity index (χ2n) is 4.63. The molecule has 1 atom stereocenters. The van der Waals surface area contributed by atoms with E-state index in [9.17, 15) is 8.42 Å². The lowest BCUT2D eigenvalue weighted by Crippen LogP contribution is -2.40. The Morgan fingerprint density at radius 1 is 1.40 bits per heavy atom. The van der Waals surface area contributed by atoms with Crippen molar-refractivity contribution in [3.63, 3.8) is 0 Å². The minimum Gasteiger partial charge on any atom is -0.381 e. The molecule has 2 rings (SSSR count). The first kappa shape index (κ1) is 11.3. The SMILES string of the molecule is NS(=O)(=O)CC1CNCC12CCOCC2. The van der Waals surface area contributed by atoms with Gasteiger partial charge in [0.05, 0.1) is 5.75 Å². The topological polar surface area (TPSA) is 81.4 Å². The van der Waals surface area contributed by atoms with E-state index in [-0.39, 0.29) is 17.1 Å². The molecule has 0 aromatic carbocycles. The van der Waals surface area contributed by atoms with Gasteiger partial charge in [-0.25, -0.2) is 13.6 Å². The van der Waals surface area contributed by atoms with Gasteiger partial charge >= 0.3 is 0 Å². The van der Waals surface area contributed by atoms with Gasteiger partial charge in [-0.2, -0.15) is 0 Å². The number of hydrogen-bond acceptors (Lipinski definition) is 4. The van der Waals surface area contributed by atoms with Crippen molar-refractivity contribution in [1.29, 1.82) is 0 Å². The highest BCUT2D eigenvalue weighted by atomic mass is 32.2. The summed E-state index contributed by atoms with van der Waals surface area (Å²) in [5.41, 5.74) is 0.102. The molecule has 2 aliphatic heterocycles. The van der Waals surface area contributed by atoms with E-state index < -0.39 is 10.0 Å². The van der Waals surface area contributed by atoms with Crippen LogP contribution in [0.5, 0.6) is 0 Å². The molecule has 0 aromatic rings. The largest absolute Gasteiger partial charge is 0.381 e. The molecule has 0 aliphatic carbocycles. The zero-order valence-corrected chi connectivity index (χ0v) is 9.55. The lowest BCUT2D eigenvalue weighted by atomic mass is 9.73. The quantitative estimate of drug-likeness (QED) is 0.661. The summed E-state index contributed by atoms with van der Waals surface area (Å²) in [6.07, 6.45) is 1.89. The van der Waals surface area contributed by atoms with Gasteiger partial charge in [-0.15, -0.1) is 0 Å². The molecule has 0 amide bonds. The highest BCUT2D eigenvalue weighted by Crippen LogP contribution is 2.41. The van der Waals surface area contributed by atoms with Crippen molar-refractivity contribution in [2.45, 2.75) is 12.8 Å². The molecule has 0 saturated carbocycles. The summed E-state index contributed by atoms with van der Waals surface area (Å²) in [4.78, 5) is 0. The monoisotopic (exact) mass is 234 g/mol. The molecule has 2 aliphatic rings. The first-order valence-corrected chi connectivity index (χ1v) is 7.02. The van der Waals surface area contributed by atoms with Crippen LogP contribution in [-0.4, -0.2) is 40.5 Å². The van der Waals surface area contributed by atoms with Crippen LogP contribution in [0, 0.1) is 11.3 Å². The van der Waals surface area contributed by atoms with E-state index in [0.717, 1.165) is 39.1 Å². The van der Waals surface area contributed by atoms with Crippen LogP contribution in [0.15, 0.2) is 0 Å². The van der Waals surface area contributed by atoms with E-state index in [1.165, 1.54) is 0 Å². The lowest BCUT2D eigenvalue weighted by Gasteiger charge is -2.37. The average Bonchev–Trinajstić information content (AvgIpc) is 2.48. The molecule has 15 heavy (non-hydrogen) atoms. The predicted molar refractivity (Wildman–Crippen MR) is 56.8 cm³/mol. The molecule has 2 saturated heterocycles. The number of nitrogens with one attached hydrogen (secondary N) is 1. The molecule has 6 heteroatoms. The maximum Gasteiger partial charge on any atom is 0.209 e. The molecule has 0 aromatic heterocycles. The summed E-state index contributed by atoms with van der Waals surface area (Å²) in [5, 5.41) is 8.40. The van der Waals surface area contributed by atoms with Gasteiger partial charge < -0.3 is 10.1 Å². The van der Waals surface area contributed by atoms with Crippen LogP contribution in [0.1, 0.15) is 12.8 Å². The summed E-state index contributed by atoms with van der Waals surface area (Å²) in [5.74, 6) is 0.247. The van der Waals surface area contributed by atoms with Gasteiger partial charge in [0.25, 0.3) is 0 Å². The third-order valence-corrected chi connectivity index (χ3v) is 4.52. The van der Waals surface area contributed by atoms with Gasteiger partial charge in [-0.05, 0) is 30.7 Å². The molecular weight excluding hydrogens is 216 g/mol. The van der Waals surface area contributed by atoms with Gasteiger partial charge in [-0.3, -0.25) is 0 Å². The zero-order valence-electron chi connectivity index (χ0n) is 8.74. The lowest BCUT2D eigenvalue weighted by molar-refractivity contribution is 0.00680. The first-order chi connectivity index (χ1) is 7.02. The fraction of sp³-hybridized carbons (Fsp3) is 1.00. The molecule has 5 nitrogen and oxygen atoms in total. The molecule has 1 unspecified atom stereocenters. The normalized spacial score (nSPS) is 30.9. The van der Waals surface area contributed by atoms with Crippen LogP contribution in [0.25, 0.3) is 0 Å². The maximum absolute atomic E-state index is 11.1. The minimum absolute atomic E-state index is 0.0972. The third-order valence-electron chi connectivity index (χ3n) is 3.66. The van der Waals surface area contributed by atoms with Crippen LogP contribution in [0.2, 0.25) is 0 Å². The highest BCUT2D eigenvalue weighted by Gasteiger charge is 2.44. The second-order valence-corrected chi connectivity index (χ2v) is 6.29. The average molecular weight is 234 g/mol. The fourth-order valence-electron chi connectivity index (χ4n) is 2.74. The van der Waals surface area contributed by atoms with Gasteiger partial charge in [0, 0.05) is 19.8 Å². The standard InChI is InChI=1S/C9H18N2O3S/c10-15(12,13)6-8-5-11-7-9(8)1-3-14-4-2-9/h8,11H,1-7H2,(H2,10,12,13). The fourth-order valence-corrected chi connectivity index (χ4v) is 3.77. The van der Waals surface area contributed by atoms with Crippen LogP contribution in [0.3, 0.4) is 0 Å². The highest BCUT2D eigenvalue weighted by molar-refractivity contribution is 7.89. The van der Waals surface area contributed by atoms with E-state index in [4.69, 9.17) is 9.88 Å². The molecule has 2 heterocycles. The summed E-state index contributed by atoms with van der Waals surface area (Å²) in [6.45, 7) is 3.14. The Labute approximate surface area is 90.4 Å². The number of rotatable bonds is 2. The van der Waals surface area contributed by atoms with E-state index >= 15 is 0 Å². The van der Waals surface area contributed by atoms with Crippen LogP contribution >= 0.6 is 0 Å². The molecule has 2 fully saturated rings. The van der Waals surface area contributed by atoms with Gasteiger partial charge in [0.2, 0.25) is 10.0 Å². The van der Waals surface area contributed by atoms with Crippen molar-refractivity contribution in [3.8, 4) is 0 Å². The van der Waals surface area contributed by atoms with Crippen molar-refractivity contribution in [1.82, 2.24) is 5.32 Å². The molecule has 1 spiro atoms. The zero-order chi connectivity index (χ0) is 10.9. The van der Waals surface area contributed by atoms with Gasteiger partial charge in [-0.1, -0.05) is 0 Å². The summed E-state index contributed by atoms with van der Waals surface area (Å²) in [7, 11) is -3.36. The van der Waals surface area contributed by atoms with E-state index in [1.54, 1.807) is 0 Å². The molecule has 0 radical (unpaired) electrons. The maximum atomic E-state index is 11.1. The Balaban J connectivity index is 2.10. The van der Waals surface area contributed by atoms with Crippen molar-refractivity contribution in [2.24, 2.45) is 16.5 Å². The van der Waals surface area contributed by atoms with Crippen molar-refractivity contribution < 1.29 is 13.2 Å². The van der Waals surface area contributed by atoms with Gasteiger partial charge in [0.1, 0.15) is 0 Å². The van der Waals surface area contributed by atoms with Gasteiger partial charge in [0.15, 0.2) is 0 Å². The number of nitrogens with two attached hydrogens (primary N) is 1. The number of hydrogen-bond donors (Lipinski definition) is 2. The third kappa shape index (κ3) is 2.50. The molecule has 3 N–H and O–H groups in total. The summed E-state index contributed by atoms with van der Waals surface area (Å²) in [6, 6.07) is 0. The summed E-state index contributed by atoms with van der Waals surface area (Å²) >= 11 is 0. The number of sulfonamides is 1. The molecule has 88 valence electrons.